The molecular weight excluding hydrogens is 403 g/mol. The van der Waals surface area contributed by atoms with E-state index in [0.29, 0.717) is 23.1 Å². The van der Waals surface area contributed by atoms with Crippen LogP contribution in [-0.4, -0.2) is 26.3 Å². The highest BCUT2D eigenvalue weighted by molar-refractivity contribution is 5.90. The summed E-state index contributed by atoms with van der Waals surface area (Å²) in [5, 5.41) is 11.9. The van der Waals surface area contributed by atoms with Gasteiger partial charge in [-0.1, -0.05) is 35.9 Å². The van der Waals surface area contributed by atoms with Gasteiger partial charge in [-0.05, 0) is 62.4 Å². The molecule has 0 unspecified atom stereocenters. The smallest absolute Gasteiger partial charge is 0.226 e. The lowest BCUT2D eigenvalue weighted by Gasteiger charge is -2.14. The van der Waals surface area contributed by atoms with E-state index >= 15 is 0 Å². The number of hydrogen-bond donors (Lipinski definition) is 2. The van der Waals surface area contributed by atoms with Crippen LogP contribution in [0.3, 0.4) is 0 Å². The standard InChI is InChI=1S/C25H25FN6/c26-19-10-7-11-20(16-19)29-23-22-17-28-32(21-12-5-2-6-13-21)24(22)31-25(30-23)27-15-14-18-8-3-1-4-9-18/h2,5-8,10-13,16-17H,1,3-4,9,14-15H2,(H2,27,29,30,31). The van der Waals surface area contributed by atoms with Crippen molar-refractivity contribution in [1.82, 2.24) is 19.7 Å². The molecule has 2 N–H and O–H groups in total. The van der Waals surface area contributed by atoms with Crippen LogP contribution in [0.2, 0.25) is 0 Å². The minimum Gasteiger partial charge on any atom is -0.354 e. The monoisotopic (exact) mass is 428 g/mol. The predicted octanol–water partition coefficient (Wildman–Crippen LogP) is 6.00. The van der Waals surface area contributed by atoms with E-state index in [2.05, 4.69) is 26.8 Å². The van der Waals surface area contributed by atoms with E-state index < -0.39 is 0 Å². The van der Waals surface area contributed by atoms with E-state index in [-0.39, 0.29) is 5.82 Å². The fraction of sp³-hybridized carbons (Fsp3) is 0.240. The van der Waals surface area contributed by atoms with E-state index in [1.807, 2.05) is 30.3 Å². The van der Waals surface area contributed by atoms with Crippen molar-refractivity contribution in [2.24, 2.45) is 0 Å². The fourth-order valence-electron chi connectivity index (χ4n) is 4.01. The van der Waals surface area contributed by atoms with Crippen LogP contribution in [0.5, 0.6) is 0 Å². The van der Waals surface area contributed by atoms with Crippen LogP contribution < -0.4 is 10.6 Å². The highest BCUT2D eigenvalue weighted by Crippen LogP contribution is 2.27. The largest absolute Gasteiger partial charge is 0.354 e. The van der Waals surface area contributed by atoms with Crippen molar-refractivity contribution in [3.05, 3.63) is 78.3 Å². The number of aromatic nitrogens is 4. The fourth-order valence-corrected chi connectivity index (χ4v) is 4.01. The van der Waals surface area contributed by atoms with Crippen molar-refractivity contribution < 1.29 is 4.39 Å². The van der Waals surface area contributed by atoms with Crippen molar-refractivity contribution >= 4 is 28.5 Å². The summed E-state index contributed by atoms with van der Waals surface area (Å²) in [6, 6.07) is 16.2. The lowest BCUT2D eigenvalue weighted by Crippen LogP contribution is -2.09. The summed E-state index contributed by atoms with van der Waals surface area (Å²) in [6.45, 7) is 0.760. The molecule has 162 valence electrons. The molecule has 0 saturated carbocycles. The van der Waals surface area contributed by atoms with Crippen LogP contribution in [0.15, 0.2) is 72.4 Å². The molecule has 0 saturated heterocycles. The molecule has 0 bridgehead atoms. The number of fused-ring (bicyclic) bond motifs is 1. The van der Waals surface area contributed by atoms with Crippen molar-refractivity contribution in [1.29, 1.82) is 0 Å². The third kappa shape index (κ3) is 4.46. The molecule has 32 heavy (non-hydrogen) atoms. The number of nitrogens with one attached hydrogen (secondary N) is 2. The van der Waals surface area contributed by atoms with Crippen LogP contribution in [0.4, 0.5) is 21.8 Å². The van der Waals surface area contributed by atoms with E-state index in [1.54, 1.807) is 23.0 Å². The zero-order valence-corrected chi connectivity index (χ0v) is 17.8. The van der Waals surface area contributed by atoms with Gasteiger partial charge >= 0.3 is 0 Å². The third-order valence-electron chi connectivity index (χ3n) is 5.63. The van der Waals surface area contributed by atoms with Gasteiger partial charge in [0, 0.05) is 12.2 Å². The van der Waals surface area contributed by atoms with Crippen molar-refractivity contribution in [2.45, 2.75) is 32.1 Å². The molecule has 0 fully saturated rings. The second kappa shape index (κ2) is 9.18. The second-order valence-corrected chi connectivity index (χ2v) is 7.95. The first-order chi connectivity index (χ1) is 15.8. The molecule has 0 aliphatic heterocycles. The lowest BCUT2D eigenvalue weighted by atomic mass is 9.97. The first kappa shape index (κ1) is 20.2. The Hall–Kier alpha value is -3.74. The molecule has 1 aliphatic carbocycles. The normalized spacial score (nSPS) is 13.7. The predicted molar refractivity (Wildman–Crippen MR) is 126 cm³/mol. The maximum absolute atomic E-state index is 13.7. The Bertz CT molecular complexity index is 1250. The molecule has 4 aromatic rings. The van der Waals surface area contributed by atoms with Gasteiger partial charge in [0.2, 0.25) is 5.95 Å². The quantitative estimate of drug-likeness (QED) is 0.353. The van der Waals surface area contributed by atoms with Crippen molar-refractivity contribution in [3.63, 3.8) is 0 Å². The number of nitrogens with zero attached hydrogens (tertiary/aromatic N) is 4. The van der Waals surface area contributed by atoms with Crippen LogP contribution in [0.1, 0.15) is 32.1 Å². The van der Waals surface area contributed by atoms with E-state index in [4.69, 9.17) is 4.98 Å². The molecule has 6 nitrogen and oxygen atoms in total. The van der Waals surface area contributed by atoms with Crippen molar-refractivity contribution in [2.75, 3.05) is 17.2 Å². The SMILES string of the molecule is Fc1cccc(Nc2nc(NCCC3=CCCCC3)nc3c2cnn3-c2ccccc2)c1. The first-order valence-corrected chi connectivity index (χ1v) is 11.0. The molecule has 7 heteroatoms. The van der Waals surface area contributed by atoms with Gasteiger partial charge in [0.15, 0.2) is 5.65 Å². The summed E-state index contributed by atoms with van der Waals surface area (Å²) in [5.74, 6) is 0.798. The van der Waals surface area contributed by atoms with Crippen LogP contribution in [0, 0.1) is 5.82 Å². The molecule has 2 heterocycles. The Balaban J connectivity index is 1.48. The van der Waals surface area contributed by atoms with Gasteiger partial charge in [-0.3, -0.25) is 0 Å². The Labute approximate surface area is 186 Å². The molecule has 2 aromatic heterocycles. The lowest BCUT2D eigenvalue weighted by molar-refractivity contribution is 0.628. The number of para-hydroxylation sites is 1. The summed E-state index contributed by atoms with van der Waals surface area (Å²) in [6.07, 6.45) is 9.98. The highest BCUT2D eigenvalue weighted by atomic mass is 19.1. The molecule has 0 radical (unpaired) electrons. The zero-order chi connectivity index (χ0) is 21.8. The number of allylic oxidation sites excluding steroid dienone is 1. The Morgan fingerprint density at radius 3 is 2.72 bits per heavy atom. The van der Waals surface area contributed by atoms with Gasteiger partial charge in [-0.25, -0.2) is 9.07 Å². The summed E-state index contributed by atoms with van der Waals surface area (Å²) in [7, 11) is 0. The molecule has 5 rings (SSSR count). The summed E-state index contributed by atoms with van der Waals surface area (Å²) < 4.78 is 15.5. The number of hydrogen-bond acceptors (Lipinski definition) is 5. The van der Waals surface area contributed by atoms with Crippen LogP contribution >= 0.6 is 0 Å². The Morgan fingerprint density at radius 2 is 1.91 bits per heavy atom. The van der Waals surface area contributed by atoms with Crippen LogP contribution in [0.25, 0.3) is 16.7 Å². The minimum atomic E-state index is -0.306. The molecule has 0 amide bonds. The van der Waals surface area contributed by atoms with E-state index in [0.717, 1.165) is 24.0 Å². The van der Waals surface area contributed by atoms with Crippen molar-refractivity contribution in [3.8, 4) is 5.69 Å². The topological polar surface area (TPSA) is 67.7 Å². The summed E-state index contributed by atoms with van der Waals surface area (Å²) in [5.41, 5.74) is 3.72. The van der Waals surface area contributed by atoms with E-state index in [9.17, 15) is 4.39 Å². The number of rotatable bonds is 7. The first-order valence-electron chi connectivity index (χ1n) is 11.0. The molecule has 0 atom stereocenters. The minimum absolute atomic E-state index is 0.306. The second-order valence-electron chi connectivity index (χ2n) is 7.95. The summed E-state index contributed by atoms with van der Waals surface area (Å²) >= 11 is 0. The molecule has 0 spiro atoms. The average Bonchev–Trinajstić information content (AvgIpc) is 3.25. The number of benzene rings is 2. The highest BCUT2D eigenvalue weighted by Gasteiger charge is 2.15. The number of anilines is 3. The maximum Gasteiger partial charge on any atom is 0.226 e. The van der Waals surface area contributed by atoms with Gasteiger partial charge in [0.1, 0.15) is 11.6 Å². The zero-order valence-electron chi connectivity index (χ0n) is 17.8. The van der Waals surface area contributed by atoms with E-state index in [1.165, 1.54) is 43.4 Å². The Kier molecular flexibility index (Phi) is 5.79. The van der Waals surface area contributed by atoms with Crippen LogP contribution in [-0.2, 0) is 0 Å². The molecule has 2 aromatic carbocycles. The average molecular weight is 429 g/mol. The third-order valence-corrected chi connectivity index (χ3v) is 5.63. The van der Waals surface area contributed by atoms with Gasteiger partial charge in [0.05, 0.1) is 17.3 Å². The van der Waals surface area contributed by atoms with Gasteiger partial charge < -0.3 is 10.6 Å². The van der Waals surface area contributed by atoms with Gasteiger partial charge in [-0.2, -0.15) is 15.1 Å². The van der Waals surface area contributed by atoms with Gasteiger partial charge in [-0.15, -0.1) is 0 Å². The molecular formula is C25H25FN6. The number of halogens is 1. The van der Waals surface area contributed by atoms with Gasteiger partial charge in [0.25, 0.3) is 0 Å². The summed E-state index contributed by atoms with van der Waals surface area (Å²) in [4.78, 5) is 9.45. The Morgan fingerprint density at radius 1 is 1.00 bits per heavy atom. The maximum atomic E-state index is 13.7. The molecule has 1 aliphatic rings.